The molecule has 1 aliphatic carbocycles. The van der Waals surface area contributed by atoms with E-state index in [0.717, 1.165) is 6.54 Å². The molecular formula is C12H26IN3O2S. The molecule has 0 aliphatic heterocycles. The lowest BCUT2D eigenvalue weighted by atomic mass is 9.86. The van der Waals surface area contributed by atoms with Crippen molar-refractivity contribution in [3.8, 4) is 0 Å². The zero-order valence-corrected chi connectivity index (χ0v) is 15.1. The fourth-order valence-electron chi connectivity index (χ4n) is 1.58. The summed E-state index contributed by atoms with van der Waals surface area (Å²) >= 11 is 0. The van der Waals surface area contributed by atoms with Gasteiger partial charge in [-0.25, -0.2) is 8.42 Å². The summed E-state index contributed by atoms with van der Waals surface area (Å²) in [6, 6.07) is 0. The van der Waals surface area contributed by atoms with Crippen molar-refractivity contribution >= 4 is 39.8 Å². The summed E-state index contributed by atoms with van der Waals surface area (Å²) in [4.78, 5) is 4.22. The highest BCUT2D eigenvalue weighted by Gasteiger charge is 2.28. The van der Waals surface area contributed by atoms with Gasteiger partial charge >= 0.3 is 0 Å². The number of rotatable bonds is 5. The predicted octanol–water partition coefficient (Wildman–Crippen LogP) is 1.52. The van der Waals surface area contributed by atoms with E-state index in [9.17, 15) is 8.42 Å². The number of nitrogens with zero attached hydrogens (tertiary/aromatic N) is 1. The van der Waals surface area contributed by atoms with Crippen molar-refractivity contribution in [1.29, 1.82) is 0 Å². The van der Waals surface area contributed by atoms with E-state index in [1.54, 1.807) is 20.8 Å². The molecule has 5 nitrogen and oxygen atoms in total. The fraction of sp³-hybridized carbons (Fsp3) is 0.917. The van der Waals surface area contributed by atoms with Gasteiger partial charge in [0.15, 0.2) is 15.8 Å². The van der Waals surface area contributed by atoms with Crippen LogP contribution in [0.1, 0.15) is 40.0 Å². The molecule has 1 aliphatic rings. The van der Waals surface area contributed by atoms with Crippen molar-refractivity contribution in [2.75, 3.05) is 18.8 Å². The molecule has 3 N–H and O–H groups in total. The Morgan fingerprint density at radius 2 is 1.95 bits per heavy atom. The summed E-state index contributed by atoms with van der Waals surface area (Å²) in [5, 5.41) is 2.86. The van der Waals surface area contributed by atoms with E-state index in [4.69, 9.17) is 5.73 Å². The van der Waals surface area contributed by atoms with E-state index < -0.39 is 14.6 Å². The number of aliphatic imine (C=N–C) groups is 1. The Hall–Kier alpha value is -0.0500. The summed E-state index contributed by atoms with van der Waals surface area (Å²) < 4.78 is 23.0. The number of nitrogens with one attached hydrogen (secondary N) is 1. The topological polar surface area (TPSA) is 84.5 Å². The van der Waals surface area contributed by atoms with E-state index in [2.05, 4.69) is 10.3 Å². The molecule has 0 saturated heterocycles. The molecule has 1 saturated carbocycles. The zero-order chi connectivity index (χ0) is 13.8. The molecule has 7 heteroatoms. The van der Waals surface area contributed by atoms with E-state index >= 15 is 0 Å². The van der Waals surface area contributed by atoms with Crippen molar-refractivity contribution in [3.05, 3.63) is 0 Å². The maximum Gasteiger partial charge on any atom is 0.188 e. The standard InChI is InChI=1S/C12H25N3O2S.HI/c1-12(2,3)18(16,17)8-7-14-11(13)15-9-10-5-4-6-10;/h10H,4-9H2,1-3H3,(H3,13,14,15);1H. The molecule has 114 valence electrons. The van der Waals surface area contributed by atoms with Gasteiger partial charge < -0.3 is 11.1 Å². The third-order valence-corrected chi connectivity index (χ3v) is 5.96. The number of guanidine groups is 1. The first-order chi connectivity index (χ1) is 8.22. The van der Waals surface area contributed by atoms with Crippen LogP contribution in [-0.2, 0) is 9.84 Å². The van der Waals surface area contributed by atoms with Crippen molar-refractivity contribution in [1.82, 2.24) is 5.32 Å². The molecule has 0 bridgehead atoms. The first-order valence-electron chi connectivity index (χ1n) is 6.48. The van der Waals surface area contributed by atoms with E-state index in [1.807, 2.05) is 0 Å². The molecule has 0 heterocycles. The minimum Gasteiger partial charge on any atom is -0.370 e. The SMILES string of the molecule is CC(C)(C)S(=O)(=O)CCNC(N)=NCC1CCC1.I. The number of nitrogens with two attached hydrogens (primary N) is 1. The highest BCUT2D eigenvalue weighted by Crippen LogP contribution is 2.26. The van der Waals surface area contributed by atoms with Crippen molar-refractivity contribution in [2.24, 2.45) is 16.6 Å². The number of hydrogen-bond donors (Lipinski definition) is 2. The molecule has 0 aromatic carbocycles. The summed E-state index contributed by atoms with van der Waals surface area (Å²) in [5.41, 5.74) is 5.68. The summed E-state index contributed by atoms with van der Waals surface area (Å²) in [6.45, 7) is 6.19. The Kier molecular flexibility index (Phi) is 7.64. The van der Waals surface area contributed by atoms with Crippen LogP contribution in [0.25, 0.3) is 0 Å². The van der Waals surface area contributed by atoms with Crippen LogP contribution >= 0.6 is 24.0 Å². The second kappa shape index (κ2) is 7.66. The van der Waals surface area contributed by atoms with Gasteiger partial charge in [-0.1, -0.05) is 6.42 Å². The molecule has 0 radical (unpaired) electrons. The van der Waals surface area contributed by atoms with Crippen molar-refractivity contribution < 1.29 is 8.42 Å². The van der Waals surface area contributed by atoms with Crippen LogP contribution in [0.4, 0.5) is 0 Å². The van der Waals surface area contributed by atoms with E-state index in [-0.39, 0.29) is 29.7 Å². The second-order valence-corrected chi connectivity index (χ2v) is 8.74. The summed E-state index contributed by atoms with van der Waals surface area (Å²) in [5.74, 6) is 1.10. The highest BCUT2D eigenvalue weighted by molar-refractivity contribution is 14.0. The van der Waals surface area contributed by atoms with Crippen molar-refractivity contribution in [2.45, 2.75) is 44.8 Å². The molecule has 1 fully saturated rings. The largest absolute Gasteiger partial charge is 0.370 e. The first-order valence-corrected chi connectivity index (χ1v) is 8.14. The van der Waals surface area contributed by atoms with Gasteiger partial charge in [0.25, 0.3) is 0 Å². The Morgan fingerprint density at radius 3 is 2.37 bits per heavy atom. The van der Waals surface area contributed by atoms with Crippen LogP contribution in [0.15, 0.2) is 4.99 Å². The van der Waals surface area contributed by atoms with E-state index in [1.165, 1.54) is 19.3 Å². The average Bonchev–Trinajstić information content (AvgIpc) is 2.13. The Bertz CT molecular complexity index is 398. The van der Waals surface area contributed by atoms with Crippen molar-refractivity contribution in [3.63, 3.8) is 0 Å². The van der Waals surface area contributed by atoms with Gasteiger partial charge in [0.2, 0.25) is 0 Å². The normalized spacial score (nSPS) is 17.5. The summed E-state index contributed by atoms with van der Waals surface area (Å²) in [7, 11) is -3.09. The third kappa shape index (κ3) is 6.29. The number of sulfone groups is 1. The van der Waals surface area contributed by atoms with Crippen LogP contribution in [0, 0.1) is 5.92 Å². The molecular weight excluding hydrogens is 377 g/mol. The second-order valence-electron chi connectivity index (χ2n) is 5.88. The van der Waals surface area contributed by atoms with Gasteiger partial charge in [-0.2, -0.15) is 0 Å². The lowest BCUT2D eigenvalue weighted by Crippen LogP contribution is -2.39. The maximum absolute atomic E-state index is 11.8. The molecule has 19 heavy (non-hydrogen) atoms. The molecule has 0 aromatic rings. The van der Waals surface area contributed by atoms with Crippen LogP contribution in [0.2, 0.25) is 0 Å². The fourth-order valence-corrected chi connectivity index (χ4v) is 2.56. The number of hydrogen-bond acceptors (Lipinski definition) is 3. The minimum atomic E-state index is -3.09. The van der Waals surface area contributed by atoms with Gasteiger partial charge in [0.1, 0.15) is 0 Å². The van der Waals surface area contributed by atoms with Crippen LogP contribution < -0.4 is 11.1 Å². The Balaban J connectivity index is 0.00000324. The van der Waals surface area contributed by atoms with Gasteiger partial charge in [-0.3, -0.25) is 4.99 Å². The van der Waals surface area contributed by atoms with Crippen LogP contribution in [0.3, 0.4) is 0 Å². The van der Waals surface area contributed by atoms with Gasteiger partial charge in [0.05, 0.1) is 10.5 Å². The Morgan fingerprint density at radius 1 is 1.37 bits per heavy atom. The van der Waals surface area contributed by atoms with Crippen LogP contribution in [-0.4, -0.2) is 38.0 Å². The lowest BCUT2D eigenvalue weighted by molar-refractivity contribution is 0.326. The maximum atomic E-state index is 11.8. The van der Waals surface area contributed by atoms with Gasteiger partial charge in [-0.05, 0) is 39.5 Å². The molecule has 0 unspecified atom stereocenters. The highest BCUT2D eigenvalue weighted by atomic mass is 127. The quantitative estimate of drug-likeness (QED) is 0.414. The first kappa shape index (κ1) is 18.9. The number of halogens is 1. The van der Waals surface area contributed by atoms with E-state index in [0.29, 0.717) is 18.4 Å². The monoisotopic (exact) mass is 403 g/mol. The predicted molar refractivity (Wildman–Crippen MR) is 90.8 cm³/mol. The molecule has 0 spiro atoms. The Labute approximate surface area is 133 Å². The lowest BCUT2D eigenvalue weighted by Gasteiger charge is -2.23. The smallest absolute Gasteiger partial charge is 0.188 e. The molecule has 1 rings (SSSR count). The molecule has 0 aromatic heterocycles. The van der Waals surface area contributed by atoms with Gasteiger partial charge in [-0.15, -0.1) is 24.0 Å². The molecule has 0 amide bonds. The zero-order valence-electron chi connectivity index (χ0n) is 12.0. The minimum absolute atomic E-state index is 0. The summed E-state index contributed by atoms with van der Waals surface area (Å²) in [6.07, 6.45) is 3.75. The third-order valence-electron chi connectivity index (χ3n) is 3.35. The molecule has 0 atom stereocenters. The average molecular weight is 403 g/mol. The van der Waals surface area contributed by atoms with Crippen LogP contribution in [0.5, 0.6) is 0 Å². The van der Waals surface area contributed by atoms with Gasteiger partial charge in [0, 0.05) is 13.1 Å².